The molecule has 4 aromatic rings. The molecule has 0 amide bonds. The van der Waals surface area contributed by atoms with Crippen LogP contribution in [0.4, 0.5) is 5.82 Å². The number of nitrogens with one attached hydrogen (secondary N) is 1. The summed E-state index contributed by atoms with van der Waals surface area (Å²) in [6.45, 7) is 0.253. The first-order valence-electron chi connectivity index (χ1n) is 10.8. The monoisotopic (exact) mass is 472 g/mol. The molecule has 5 rings (SSSR count). The van der Waals surface area contributed by atoms with Gasteiger partial charge in [-0.1, -0.05) is 30.9 Å². The van der Waals surface area contributed by atoms with E-state index in [1.54, 1.807) is 7.11 Å². The predicted molar refractivity (Wildman–Crippen MR) is 127 cm³/mol. The number of aliphatic hydroxyl groups excluding tert-OH is 1. The second-order valence-electron chi connectivity index (χ2n) is 8.14. The van der Waals surface area contributed by atoms with Gasteiger partial charge in [-0.15, -0.1) is 11.3 Å². The Morgan fingerprint density at radius 1 is 1.22 bits per heavy atom. The second kappa shape index (κ2) is 8.90. The zero-order chi connectivity index (χ0) is 22.2. The highest BCUT2D eigenvalue weighted by Crippen LogP contribution is 2.39. The molecule has 168 valence electrons. The zero-order valence-corrected chi connectivity index (χ0v) is 19.6. The minimum absolute atomic E-state index is 0.193. The van der Waals surface area contributed by atoms with E-state index in [2.05, 4.69) is 20.1 Å². The van der Waals surface area contributed by atoms with Gasteiger partial charge >= 0.3 is 0 Å². The van der Waals surface area contributed by atoms with Crippen LogP contribution in [0, 0.1) is 0 Å². The number of fused-ring (bicyclic) bond motifs is 2. The molecule has 3 aromatic heterocycles. The number of H-pyrrole nitrogens is 1. The van der Waals surface area contributed by atoms with Crippen molar-refractivity contribution in [3.8, 4) is 11.3 Å². The van der Waals surface area contributed by atoms with Gasteiger partial charge < -0.3 is 14.7 Å². The van der Waals surface area contributed by atoms with E-state index in [-0.39, 0.29) is 6.61 Å². The molecule has 0 atom stereocenters. The quantitative estimate of drug-likeness (QED) is 0.419. The van der Waals surface area contributed by atoms with E-state index in [9.17, 15) is 5.11 Å². The molecule has 10 heteroatoms. The summed E-state index contributed by atoms with van der Waals surface area (Å²) in [5, 5.41) is 19.0. The normalized spacial score (nSPS) is 15.1. The molecule has 1 saturated carbocycles. The average molecular weight is 473 g/mol. The zero-order valence-electron chi connectivity index (χ0n) is 18.1. The molecule has 0 bridgehead atoms. The fourth-order valence-electron chi connectivity index (χ4n) is 4.46. The highest BCUT2D eigenvalue weighted by atomic mass is 35.5. The van der Waals surface area contributed by atoms with Crippen LogP contribution in [-0.4, -0.2) is 50.5 Å². The molecule has 0 aliphatic heterocycles. The van der Waals surface area contributed by atoms with Crippen LogP contribution in [0.1, 0.15) is 42.8 Å². The number of nitrogens with zero attached hydrogens (tertiary/aromatic N) is 5. The van der Waals surface area contributed by atoms with Crippen LogP contribution in [0.3, 0.4) is 0 Å². The van der Waals surface area contributed by atoms with Crippen molar-refractivity contribution in [1.82, 2.24) is 25.1 Å². The summed E-state index contributed by atoms with van der Waals surface area (Å²) in [6.07, 6.45) is 5.97. The van der Waals surface area contributed by atoms with Gasteiger partial charge in [-0.25, -0.2) is 15.0 Å². The number of aromatic amines is 1. The molecule has 1 aliphatic carbocycles. The Labute approximate surface area is 194 Å². The van der Waals surface area contributed by atoms with E-state index >= 15 is 0 Å². The molecular formula is C22H25ClN6O2S. The summed E-state index contributed by atoms with van der Waals surface area (Å²) in [6, 6.07) is 4.25. The standard InChI is InChI=1S/C22H25ClN6O2S/c1-29(12-6-4-3-5-7-12)22-15(10-30)25-19-18(27-28-21(19)26-22)13-8-9-14-20(17(13)23)32-16(24-14)11-31-2/h8-9,12,30H,3-7,10-11H2,1-2H3,(H,26,27,28). The molecule has 0 spiro atoms. The molecule has 0 unspecified atom stereocenters. The molecule has 1 aliphatic rings. The van der Waals surface area contributed by atoms with Gasteiger partial charge in [0.2, 0.25) is 5.65 Å². The number of benzene rings is 1. The van der Waals surface area contributed by atoms with Crippen LogP contribution in [0.2, 0.25) is 5.02 Å². The van der Waals surface area contributed by atoms with E-state index in [1.807, 2.05) is 19.2 Å². The number of halogens is 1. The molecule has 2 N–H and O–H groups in total. The Balaban J connectivity index is 1.58. The molecular weight excluding hydrogens is 448 g/mol. The number of methoxy groups -OCH3 is 1. The fourth-order valence-corrected chi connectivity index (χ4v) is 5.81. The van der Waals surface area contributed by atoms with Gasteiger partial charge in [-0.3, -0.25) is 5.10 Å². The maximum atomic E-state index is 10.1. The SMILES string of the molecule is COCc1nc2ccc(-c3[nH]nc4nc(N(C)C5CCCCC5)c(CO)nc34)c(Cl)c2s1. The largest absolute Gasteiger partial charge is 0.390 e. The second-order valence-corrected chi connectivity index (χ2v) is 9.60. The lowest BCUT2D eigenvalue weighted by Crippen LogP contribution is -2.34. The number of thiazole rings is 1. The van der Waals surface area contributed by atoms with Crippen molar-refractivity contribution in [3.63, 3.8) is 0 Å². The fraction of sp³-hybridized carbons (Fsp3) is 0.455. The summed E-state index contributed by atoms with van der Waals surface area (Å²) >= 11 is 8.29. The van der Waals surface area contributed by atoms with Crippen molar-refractivity contribution in [2.45, 2.75) is 51.4 Å². The van der Waals surface area contributed by atoms with Crippen LogP contribution in [-0.2, 0) is 18.0 Å². The van der Waals surface area contributed by atoms with Crippen molar-refractivity contribution in [1.29, 1.82) is 0 Å². The lowest BCUT2D eigenvalue weighted by atomic mass is 9.94. The summed E-state index contributed by atoms with van der Waals surface area (Å²) < 4.78 is 6.09. The predicted octanol–water partition coefficient (Wildman–Crippen LogP) is 4.69. The Hall–Kier alpha value is -2.33. The lowest BCUT2D eigenvalue weighted by molar-refractivity contribution is 0.184. The molecule has 8 nitrogen and oxygen atoms in total. The number of anilines is 1. The number of rotatable bonds is 6. The smallest absolute Gasteiger partial charge is 0.202 e. The minimum Gasteiger partial charge on any atom is -0.390 e. The third-order valence-corrected chi connectivity index (χ3v) is 7.69. The van der Waals surface area contributed by atoms with Gasteiger partial charge in [0.15, 0.2) is 5.82 Å². The van der Waals surface area contributed by atoms with Crippen molar-refractivity contribution in [2.75, 3.05) is 19.1 Å². The third kappa shape index (κ3) is 3.73. The number of hydrogen-bond acceptors (Lipinski definition) is 8. The molecule has 3 heterocycles. The first-order chi connectivity index (χ1) is 15.6. The van der Waals surface area contributed by atoms with Gasteiger partial charge in [0, 0.05) is 25.8 Å². The van der Waals surface area contributed by atoms with E-state index in [0.717, 1.165) is 33.6 Å². The van der Waals surface area contributed by atoms with Crippen LogP contribution in [0.15, 0.2) is 12.1 Å². The van der Waals surface area contributed by atoms with Crippen molar-refractivity contribution in [3.05, 3.63) is 27.9 Å². The summed E-state index contributed by atoms with van der Waals surface area (Å²) in [7, 11) is 3.68. The Bertz CT molecular complexity index is 1270. The lowest BCUT2D eigenvalue weighted by Gasteiger charge is -2.32. The van der Waals surface area contributed by atoms with Crippen molar-refractivity contribution in [2.24, 2.45) is 0 Å². The maximum Gasteiger partial charge on any atom is 0.202 e. The van der Waals surface area contributed by atoms with Gasteiger partial charge in [-0.05, 0) is 25.0 Å². The number of ether oxygens (including phenoxy) is 1. The molecule has 0 radical (unpaired) electrons. The van der Waals surface area contributed by atoms with E-state index in [4.69, 9.17) is 26.3 Å². The Kier molecular flexibility index (Phi) is 5.98. The summed E-state index contributed by atoms with van der Waals surface area (Å²) in [5.74, 6) is 0.693. The van der Waals surface area contributed by atoms with Crippen molar-refractivity contribution >= 4 is 50.1 Å². The van der Waals surface area contributed by atoms with Gasteiger partial charge in [-0.2, -0.15) is 5.10 Å². The summed E-state index contributed by atoms with van der Waals surface area (Å²) in [4.78, 5) is 16.3. The van der Waals surface area contributed by atoms with Crippen molar-refractivity contribution < 1.29 is 9.84 Å². The first kappa shape index (κ1) is 21.5. The van der Waals surface area contributed by atoms with E-state index in [0.29, 0.717) is 46.0 Å². The number of hydrogen-bond donors (Lipinski definition) is 2. The Morgan fingerprint density at radius 3 is 2.78 bits per heavy atom. The van der Waals surface area contributed by atoms with Crippen LogP contribution >= 0.6 is 22.9 Å². The highest BCUT2D eigenvalue weighted by Gasteiger charge is 2.24. The first-order valence-corrected chi connectivity index (χ1v) is 12.0. The molecule has 1 aromatic carbocycles. The maximum absolute atomic E-state index is 10.1. The molecule has 0 saturated heterocycles. The minimum atomic E-state index is -0.193. The number of aliphatic hydroxyl groups is 1. The van der Waals surface area contributed by atoms with Gasteiger partial charge in [0.1, 0.15) is 16.2 Å². The molecule has 1 fully saturated rings. The van der Waals surface area contributed by atoms with Crippen LogP contribution < -0.4 is 4.90 Å². The van der Waals surface area contributed by atoms with Crippen LogP contribution in [0.5, 0.6) is 0 Å². The topological polar surface area (TPSA) is 100 Å². The molecule has 32 heavy (non-hydrogen) atoms. The third-order valence-electron chi connectivity index (χ3n) is 6.12. The summed E-state index contributed by atoms with van der Waals surface area (Å²) in [5.41, 5.74) is 3.94. The van der Waals surface area contributed by atoms with Crippen LogP contribution in [0.25, 0.3) is 32.6 Å². The van der Waals surface area contributed by atoms with Gasteiger partial charge in [0.05, 0.1) is 34.1 Å². The van der Waals surface area contributed by atoms with Gasteiger partial charge in [0.25, 0.3) is 0 Å². The highest BCUT2D eigenvalue weighted by molar-refractivity contribution is 7.19. The Morgan fingerprint density at radius 2 is 2.03 bits per heavy atom. The van der Waals surface area contributed by atoms with E-state index < -0.39 is 0 Å². The average Bonchev–Trinajstić information content (AvgIpc) is 3.43. The number of aromatic nitrogens is 5. The van der Waals surface area contributed by atoms with E-state index in [1.165, 1.54) is 30.6 Å².